The van der Waals surface area contributed by atoms with Crippen LogP contribution < -0.4 is 10.1 Å². The molecule has 0 aliphatic heterocycles. The quantitative estimate of drug-likeness (QED) is 0.802. The summed E-state index contributed by atoms with van der Waals surface area (Å²) < 4.78 is 6.94. The highest BCUT2D eigenvalue weighted by Gasteiger charge is 2.36. The van der Waals surface area contributed by atoms with Gasteiger partial charge in [-0.25, -0.2) is 0 Å². The van der Waals surface area contributed by atoms with E-state index in [1.165, 1.54) is 19.3 Å². The van der Waals surface area contributed by atoms with Gasteiger partial charge in [0.25, 0.3) is 0 Å². The zero-order valence-corrected chi connectivity index (χ0v) is 13.5. The van der Waals surface area contributed by atoms with Crippen LogP contribution in [0.5, 0.6) is 5.75 Å². The van der Waals surface area contributed by atoms with Gasteiger partial charge in [-0.2, -0.15) is 0 Å². The lowest BCUT2D eigenvalue weighted by molar-refractivity contribution is 0.0896. The average molecular weight is 326 g/mol. The number of halogens is 1. The van der Waals surface area contributed by atoms with Gasteiger partial charge in [0.05, 0.1) is 6.61 Å². The third-order valence-electron chi connectivity index (χ3n) is 4.00. The zero-order valence-electron chi connectivity index (χ0n) is 11.9. The number of ether oxygens (including phenoxy) is 1. The fourth-order valence-corrected chi connectivity index (χ4v) is 2.93. The summed E-state index contributed by atoms with van der Waals surface area (Å²) in [6.07, 6.45) is 5.21. The van der Waals surface area contributed by atoms with Crippen LogP contribution in [0.4, 0.5) is 0 Å². The maximum Gasteiger partial charge on any atom is 0.120 e. The second-order valence-corrected chi connectivity index (χ2v) is 6.86. The van der Waals surface area contributed by atoms with E-state index in [1.54, 1.807) is 0 Å². The molecule has 3 heteroatoms. The van der Waals surface area contributed by atoms with Crippen LogP contribution in [0, 0.1) is 5.41 Å². The highest BCUT2D eigenvalue weighted by molar-refractivity contribution is 9.10. The minimum absolute atomic E-state index is 0.482. The third-order valence-corrected chi connectivity index (χ3v) is 4.49. The Hall–Kier alpha value is -0.540. The molecule has 0 heterocycles. The molecule has 2 rings (SSSR count). The van der Waals surface area contributed by atoms with Gasteiger partial charge < -0.3 is 10.1 Å². The van der Waals surface area contributed by atoms with E-state index in [2.05, 4.69) is 35.1 Å². The molecular formula is C16H24BrNO. The summed E-state index contributed by atoms with van der Waals surface area (Å²) in [4.78, 5) is 0. The van der Waals surface area contributed by atoms with Gasteiger partial charge in [-0.3, -0.25) is 0 Å². The maximum atomic E-state index is 5.87. The molecule has 0 amide bonds. The predicted octanol–water partition coefficient (Wildman–Crippen LogP) is 4.39. The van der Waals surface area contributed by atoms with Crippen LogP contribution in [0.15, 0.2) is 28.7 Å². The molecule has 19 heavy (non-hydrogen) atoms. The van der Waals surface area contributed by atoms with Gasteiger partial charge in [0.1, 0.15) is 5.75 Å². The highest BCUT2D eigenvalue weighted by Crippen LogP contribution is 2.43. The van der Waals surface area contributed by atoms with Crippen molar-refractivity contribution in [3.63, 3.8) is 0 Å². The SMILES string of the molecule is CC(C)NCC1(CCOc2cccc(Br)c2)CCC1. The molecule has 1 saturated carbocycles. The normalized spacial score (nSPS) is 17.3. The molecule has 0 aromatic heterocycles. The minimum atomic E-state index is 0.482. The first-order valence-corrected chi connectivity index (χ1v) is 8.01. The fourth-order valence-electron chi connectivity index (χ4n) is 2.55. The Labute approximate surface area is 125 Å². The predicted molar refractivity (Wildman–Crippen MR) is 83.7 cm³/mol. The standard InChI is InChI=1S/C16H24BrNO/c1-13(2)18-12-16(7-4-8-16)9-10-19-15-6-3-5-14(17)11-15/h3,5-6,11,13,18H,4,7-10,12H2,1-2H3. The molecule has 0 spiro atoms. The van der Waals surface area contributed by atoms with E-state index >= 15 is 0 Å². The molecule has 0 atom stereocenters. The van der Waals surface area contributed by atoms with Crippen molar-refractivity contribution in [2.75, 3.05) is 13.2 Å². The van der Waals surface area contributed by atoms with Crippen LogP contribution in [0.2, 0.25) is 0 Å². The van der Waals surface area contributed by atoms with Crippen molar-refractivity contribution in [3.8, 4) is 5.75 Å². The Bertz CT molecular complexity index is 401. The monoisotopic (exact) mass is 325 g/mol. The minimum Gasteiger partial charge on any atom is -0.494 e. The third kappa shape index (κ3) is 4.50. The number of hydrogen-bond donors (Lipinski definition) is 1. The highest BCUT2D eigenvalue weighted by atomic mass is 79.9. The summed E-state index contributed by atoms with van der Waals surface area (Å²) in [6.45, 7) is 6.37. The van der Waals surface area contributed by atoms with Crippen LogP contribution in [-0.2, 0) is 0 Å². The first kappa shape index (κ1) is 14.9. The van der Waals surface area contributed by atoms with Gasteiger partial charge in [0.15, 0.2) is 0 Å². The molecule has 1 aliphatic carbocycles. The molecule has 0 unspecified atom stereocenters. The van der Waals surface area contributed by atoms with Gasteiger partial charge in [-0.05, 0) is 42.9 Å². The molecule has 1 N–H and O–H groups in total. The van der Waals surface area contributed by atoms with Crippen molar-refractivity contribution < 1.29 is 4.74 Å². The summed E-state index contributed by atoms with van der Waals surface area (Å²) in [5.41, 5.74) is 0.482. The van der Waals surface area contributed by atoms with E-state index in [0.717, 1.165) is 29.8 Å². The van der Waals surface area contributed by atoms with E-state index in [4.69, 9.17) is 4.74 Å². The fraction of sp³-hybridized carbons (Fsp3) is 0.625. The maximum absolute atomic E-state index is 5.87. The van der Waals surface area contributed by atoms with Gasteiger partial charge >= 0.3 is 0 Å². The Kier molecular flexibility index (Phi) is 5.28. The van der Waals surface area contributed by atoms with E-state index < -0.39 is 0 Å². The number of rotatable bonds is 7. The lowest BCUT2D eigenvalue weighted by atomic mass is 9.66. The number of nitrogens with one attached hydrogen (secondary N) is 1. The second kappa shape index (κ2) is 6.76. The van der Waals surface area contributed by atoms with Crippen molar-refractivity contribution in [1.82, 2.24) is 5.32 Å². The molecule has 1 aliphatic rings. The molecule has 2 nitrogen and oxygen atoms in total. The van der Waals surface area contributed by atoms with E-state index in [9.17, 15) is 0 Å². The summed E-state index contributed by atoms with van der Waals surface area (Å²) >= 11 is 3.47. The van der Waals surface area contributed by atoms with Crippen molar-refractivity contribution >= 4 is 15.9 Å². The lowest BCUT2D eigenvalue weighted by Gasteiger charge is -2.42. The van der Waals surface area contributed by atoms with Crippen LogP contribution in [0.3, 0.4) is 0 Å². The average Bonchev–Trinajstić information content (AvgIpc) is 2.31. The van der Waals surface area contributed by atoms with Gasteiger partial charge in [0, 0.05) is 17.1 Å². The summed E-state index contributed by atoms with van der Waals surface area (Å²) in [7, 11) is 0. The Morgan fingerprint density at radius 3 is 2.74 bits per heavy atom. The number of benzene rings is 1. The molecular weight excluding hydrogens is 302 g/mol. The van der Waals surface area contributed by atoms with Crippen molar-refractivity contribution in [1.29, 1.82) is 0 Å². The zero-order chi connectivity index (χ0) is 13.7. The van der Waals surface area contributed by atoms with E-state index in [0.29, 0.717) is 11.5 Å². The Morgan fingerprint density at radius 2 is 2.16 bits per heavy atom. The molecule has 0 saturated heterocycles. The smallest absolute Gasteiger partial charge is 0.120 e. The summed E-state index contributed by atoms with van der Waals surface area (Å²) in [5, 5.41) is 3.58. The summed E-state index contributed by atoms with van der Waals surface area (Å²) in [5.74, 6) is 0.959. The van der Waals surface area contributed by atoms with Gasteiger partial charge in [0.2, 0.25) is 0 Å². The lowest BCUT2D eigenvalue weighted by Crippen LogP contribution is -2.43. The van der Waals surface area contributed by atoms with Crippen molar-refractivity contribution in [2.24, 2.45) is 5.41 Å². The Morgan fingerprint density at radius 1 is 1.37 bits per heavy atom. The molecule has 1 aromatic rings. The molecule has 0 radical (unpaired) electrons. The number of hydrogen-bond acceptors (Lipinski definition) is 2. The van der Waals surface area contributed by atoms with E-state index in [1.807, 2.05) is 24.3 Å². The van der Waals surface area contributed by atoms with Crippen LogP contribution in [0.1, 0.15) is 39.5 Å². The largest absolute Gasteiger partial charge is 0.494 e. The van der Waals surface area contributed by atoms with Crippen LogP contribution >= 0.6 is 15.9 Å². The van der Waals surface area contributed by atoms with E-state index in [-0.39, 0.29) is 0 Å². The van der Waals surface area contributed by atoms with Crippen molar-refractivity contribution in [3.05, 3.63) is 28.7 Å². The van der Waals surface area contributed by atoms with Crippen molar-refractivity contribution in [2.45, 2.75) is 45.6 Å². The van der Waals surface area contributed by atoms with Gasteiger partial charge in [-0.1, -0.05) is 42.3 Å². The molecule has 1 aromatic carbocycles. The molecule has 0 bridgehead atoms. The van der Waals surface area contributed by atoms with Crippen LogP contribution in [-0.4, -0.2) is 19.2 Å². The van der Waals surface area contributed by atoms with Gasteiger partial charge in [-0.15, -0.1) is 0 Å². The molecule has 106 valence electrons. The topological polar surface area (TPSA) is 21.3 Å². The second-order valence-electron chi connectivity index (χ2n) is 5.94. The first-order valence-electron chi connectivity index (χ1n) is 7.21. The first-order chi connectivity index (χ1) is 9.10. The van der Waals surface area contributed by atoms with Crippen LogP contribution in [0.25, 0.3) is 0 Å². The summed E-state index contributed by atoms with van der Waals surface area (Å²) in [6, 6.07) is 8.65. The molecule has 1 fully saturated rings. The Balaban J connectivity index is 1.77.